The van der Waals surface area contributed by atoms with Crippen molar-refractivity contribution in [2.45, 2.75) is 13.8 Å². The molecule has 1 heterocycles. The molecule has 2 aromatic carbocycles. The number of aliphatic imine (C=N–C) groups is 1. The zero-order valence-corrected chi connectivity index (χ0v) is 17.4. The summed E-state index contributed by atoms with van der Waals surface area (Å²) in [5.74, 6) is -0.364. The third-order valence-electron chi connectivity index (χ3n) is 4.10. The molecule has 1 aliphatic heterocycles. The number of hydrogen-bond donors (Lipinski definition) is 0. The maximum Gasteiger partial charge on any atom is 0.344 e. The van der Waals surface area contributed by atoms with Gasteiger partial charge in [0.1, 0.15) is 11.6 Å². The Labute approximate surface area is 178 Å². The van der Waals surface area contributed by atoms with E-state index in [1.807, 2.05) is 6.92 Å². The summed E-state index contributed by atoms with van der Waals surface area (Å²) in [6.07, 6.45) is 1.78. The molecule has 2 aromatic rings. The third-order valence-corrected chi connectivity index (χ3v) is 5.10. The van der Waals surface area contributed by atoms with E-state index < -0.39 is 5.97 Å². The molecular formula is C22H21FN2O4S. The van der Waals surface area contributed by atoms with Gasteiger partial charge in [-0.1, -0.05) is 12.1 Å². The van der Waals surface area contributed by atoms with Crippen molar-refractivity contribution in [1.29, 1.82) is 0 Å². The van der Waals surface area contributed by atoms with Gasteiger partial charge in [0, 0.05) is 6.54 Å². The molecule has 30 heavy (non-hydrogen) atoms. The van der Waals surface area contributed by atoms with Crippen LogP contribution in [-0.4, -0.2) is 41.7 Å². The van der Waals surface area contributed by atoms with Gasteiger partial charge in [-0.2, -0.15) is 0 Å². The third kappa shape index (κ3) is 5.48. The lowest BCUT2D eigenvalue weighted by atomic mass is 10.2. The van der Waals surface area contributed by atoms with Crippen molar-refractivity contribution in [2.24, 2.45) is 4.99 Å². The zero-order chi connectivity index (χ0) is 21.5. The molecule has 1 aliphatic rings. The molecule has 156 valence electrons. The summed E-state index contributed by atoms with van der Waals surface area (Å²) in [5, 5.41) is 0.551. The molecule has 8 heteroatoms. The summed E-state index contributed by atoms with van der Waals surface area (Å²) >= 11 is 1.27. The van der Waals surface area contributed by atoms with Crippen molar-refractivity contribution >= 4 is 40.6 Å². The van der Waals surface area contributed by atoms with E-state index in [1.54, 1.807) is 54.3 Å². The van der Waals surface area contributed by atoms with Crippen molar-refractivity contribution in [2.75, 3.05) is 19.8 Å². The van der Waals surface area contributed by atoms with Crippen molar-refractivity contribution in [3.63, 3.8) is 0 Å². The number of amidine groups is 1. The van der Waals surface area contributed by atoms with Gasteiger partial charge in [-0.15, -0.1) is 0 Å². The summed E-state index contributed by atoms with van der Waals surface area (Å²) in [6, 6.07) is 12.8. The number of esters is 1. The van der Waals surface area contributed by atoms with Gasteiger partial charge >= 0.3 is 5.97 Å². The van der Waals surface area contributed by atoms with Crippen LogP contribution >= 0.6 is 11.8 Å². The average Bonchev–Trinajstić information content (AvgIpc) is 3.03. The van der Waals surface area contributed by atoms with Crippen LogP contribution in [0.2, 0.25) is 0 Å². The fraction of sp³-hybridized carbons (Fsp3) is 0.227. The SMILES string of the molecule is CCOC(=O)COc1ccc(/C=C2/SC(=Nc3ccc(F)cc3)N(CC)C2=O)cc1. The van der Waals surface area contributed by atoms with Gasteiger partial charge in [-0.25, -0.2) is 14.2 Å². The summed E-state index contributed by atoms with van der Waals surface area (Å²) < 4.78 is 23.3. The van der Waals surface area contributed by atoms with Gasteiger partial charge < -0.3 is 9.47 Å². The van der Waals surface area contributed by atoms with E-state index >= 15 is 0 Å². The van der Waals surface area contributed by atoms with Crippen LogP contribution in [0.15, 0.2) is 58.4 Å². The lowest BCUT2D eigenvalue weighted by molar-refractivity contribution is -0.145. The highest BCUT2D eigenvalue weighted by atomic mass is 32.2. The Balaban J connectivity index is 1.72. The zero-order valence-electron chi connectivity index (χ0n) is 16.6. The van der Waals surface area contributed by atoms with E-state index in [9.17, 15) is 14.0 Å². The normalized spacial score (nSPS) is 16.4. The number of ether oxygens (including phenoxy) is 2. The summed E-state index contributed by atoms with van der Waals surface area (Å²) in [6.45, 7) is 4.23. The van der Waals surface area contributed by atoms with Crippen LogP contribution in [0.5, 0.6) is 5.75 Å². The standard InChI is InChI=1S/C22H21FN2O4S/c1-3-25-21(27)19(30-22(25)24-17-9-7-16(23)8-10-17)13-15-5-11-18(12-6-15)29-14-20(26)28-4-2/h5-13H,3-4,14H2,1-2H3/b19-13+,24-22?. The second-order valence-electron chi connectivity index (χ2n) is 6.19. The van der Waals surface area contributed by atoms with E-state index in [0.717, 1.165) is 5.56 Å². The number of carbonyl (C=O) groups excluding carboxylic acids is 2. The molecule has 0 atom stereocenters. The Hall–Kier alpha value is -3.13. The average molecular weight is 428 g/mol. The molecule has 0 aliphatic carbocycles. The fourth-order valence-electron chi connectivity index (χ4n) is 2.65. The van der Waals surface area contributed by atoms with Crippen LogP contribution in [0.3, 0.4) is 0 Å². The maximum absolute atomic E-state index is 13.1. The lowest BCUT2D eigenvalue weighted by Gasteiger charge is -2.11. The Morgan fingerprint density at radius 2 is 1.83 bits per heavy atom. The lowest BCUT2D eigenvalue weighted by Crippen LogP contribution is -2.28. The number of hydrogen-bond acceptors (Lipinski definition) is 6. The van der Waals surface area contributed by atoms with Crippen LogP contribution in [-0.2, 0) is 14.3 Å². The second kappa shape index (κ2) is 10.1. The Bertz CT molecular complexity index is 972. The minimum atomic E-state index is -0.427. The number of thioether (sulfide) groups is 1. The Morgan fingerprint density at radius 1 is 1.13 bits per heavy atom. The van der Waals surface area contributed by atoms with Crippen molar-refractivity contribution < 1.29 is 23.5 Å². The summed E-state index contributed by atoms with van der Waals surface area (Å²) in [7, 11) is 0. The molecule has 1 amide bonds. The second-order valence-corrected chi connectivity index (χ2v) is 7.20. The van der Waals surface area contributed by atoms with Crippen LogP contribution in [0.4, 0.5) is 10.1 Å². The van der Waals surface area contributed by atoms with Gasteiger partial charge in [0.2, 0.25) is 0 Å². The van der Waals surface area contributed by atoms with Crippen LogP contribution in [0.1, 0.15) is 19.4 Å². The molecular weight excluding hydrogens is 407 g/mol. The number of amides is 1. The number of carbonyl (C=O) groups is 2. The smallest absolute Gasteiger partial charge is 0.344 e. The van der Waals surface area contributed by atoms with Gasteiger partial charge in [0.15, 0.2) is 11.8 Å². The van der Waals surface area contributed by atoms with Crippen molar-refractivity contribution in [3.8, 4) is 5.75 Å². The molecule has 0 N–H and O–H groups in total. The maximum atomic E-state index is 13.1. The first-order valence-electron chi connectivity index (χ1n) is 9.44. The molecule has 1 saturated heterocycles. The highest BCUT2D eigenvalue weighted by Gasteiger charge is 2.32. The first kappa shape index (κ1) is 21.6. The molecule has 0 unspecified atom stereocenters. The van der Waals surface area contributed by atoms with Gasteiger partial charge in [0.25, 0.3) is 5.91 Å². The predicted molar refractivity (Wildman–Crippen MR) is 115 cm³/mol. The molecule has 3 rings (SSSR count). The Morgan fingerprint density at radius 3 is 2.47 bits per heavy atom. The van der Waals surface area contributed by atoms with Gasteiger partial charge in [0.05, 0.1) is 17.2 Å². The van der Waals surface area contributed by atoms with Crippen LogP contribution in [0.25, 0.3) is 6.08 Å². The van der Waals surface area contributed by atoms with E-state index in [1.165, 1.54) is 23.9 Å². The minimum absolute atomic E-state index is 0.133. The summed E-state index contributed by atoms with van der Waals surface area (Å²) in [4.78, 5) is 30.7. The number of likely N-dealkylation sites (N-methyl/N-ethyl adjacent to an activating group) is 1. The Kier molecular flexibility index (Phi) is 7.24. The van der Waals surface area contributed by atoms with Crippen LogP contribution in [0, 0.1) is 5.82 Å². The number of rotatable bonds is 7. The van der Waals surface area contributed by atoms with E-state index in [2.05, 4.69) is 4.99 Å². The van der Waals surface area contributed by atoms with Gasteiger partial charge in [-0.3, -0.25) is 9.69 Å². The summed E-state index contributed by atoms with van der Waals surface area (Å²) in [5.41, 5.74) is 1.39. The van der Waals surface area contributed by atoms with E-state index in [0.29, 0.717) is 34.7 Å². The van der Waals surface area contributed by atoms with Gasteiger partial charge in [-0.05, 0) is 73.6 Å². The number of halogens is 1. The van der Waals surface area contributed by atoms with E-state index in [-0.39, 0.29) is 18.3 Å². The highest BCUT2D eigenvalue weighted by Crippen LogP contribution is 2.34. The molecule has 1 fully saturated rings. The predicted octanol–water partition coefficient (Wildman–Crippen LogP) is 4.39. The molecule has 0 spiro atoms. The van der Waals surface area contributed by atoms with E-state index in [4.69, 9.17) is 9.47 Å². The van der Waals surface area contributed by atoms with Crippen LogP contribution < -0.4 is 4.74 Å². The minimum Gasteiger partial charge on any atom is -0.482 e. The quantitative estimate of drug-likeness (QED) is 0.483. The molecule has 0 saturated carbocycles. The molecule has 0 bridgehead atoms. The topological polar surface area (TPSA) is 68.2 Å². The first-order valence-corrected chi connectivity index (χ1v) is 10.3. The van der Waals surface area contributed by atoms with Crippen molar-refractivity contribution in [3.05, 3.63) is 64.8 Å². The number of benzene rings is 2. The first-order chi connectivity index (χ1) is 14.5. The fourth-order valence-corrected chi connectivity index (χ4v) is 3.72. The molecule has 0 aromatic heterocycles. The molecule has 0 radical (unpaired) electrons. The highest BCUT2D eigenvalue weighted by molar-refractivity contribution is 8.18. The monoisotopic (exact) mass is 428 g/mol. The van der Waals surface area contributed by atoms with Crippen molar-refractivity contribution in [1.82, 2.24) is 4.90 Å². The number of nitrogens with zero attached hydrogens (tertiary/aromatic N) is 2. The largest absolute Gasteiger partial charge is 0.482 e. The molecule has 6 nitrogen and oxygen atoms in total.